The lowest BCUT2D eigenvalue weighted by Gasteiger charge is -2.23. The number of hydrogen-bond donors (Lipinski definition) is 0. The van der Waals surface area contributed by atoms with E-state index in [4.69, 9.17) is 33.2 Å². The fraction of sp³-hybridized carbons (Fsp3) is 0.316. The van der Waals surface area contributed by atoms with Gasteiger partial charge >= 0.3 is 0 Å². The average molecular weight is 607 g/mol. The molecule has 0 aliphatic carbocycles. The van der Waals surface area contributed by atoms with Gasteiger partial charge in [0.2, 0.25) is 0 Å². The Labute approximate surface area is 263 Å². The van der Waals surface area contributed by atoms with Crippen molar-refractivity contribution in [2.45, 2.75) is 38.3 Å². The Balaban J connectivity index is 1.11. The van der Waals surface area contributed by atoms with Gasteiger partial charge in [0.05, 0.1) is 20.3 Å². The van der Waals surface area contributed by atoms with Crippen molar-refractivity contribution < 1.29 is 33.2 Å². The normalized spacial score (nSPS) is 17.7. The Morgan fingerprint density at radius 1 is 0.667 bits per heavy atom. The molecule has 5 aromatic carbocycles. The van der Waals surface area contributed by atoms with E-state index in [1.807, 2.05) is 24.3 Å². The lowest BCUT2D eigenvalue weighted by molar-refractivity contribution is -0.168. The summed E-state index contributed by atoms with van der Waals surface area (Å²) < 4.78 is 41.7. The molecule has 2 atom stereocenters. The lowest BCUT2D eigenvalue weighted by atomic mass is 9.92. The van der Waals surface area contributed by atoms with E-state index in [1.54, 1.807) is 7.11 Å². The van der Waals surface area contributed by atoms with E-state index in [1.165, 1.54) is 0 Å². The van der Waals surface area contributed by atoms with Gasteiger partial charge in [-0.05, 0) is 70.6 Å². The van der Waals surface area contributed by atoms with Crippen LogP contribution in [-0.2, 0) is 20.8 Å². The molecule has 0 spiro atoms. The molecule has 0 radical (unpaired) electrons. The van der Waals surface area contributed by atoms with Crippen molar-refractivity contribution in [2.75, 3.05) is 40.1 Å². The maximum absolute atomic E-state index is 6.49. The van der Waals surface area contributed by atoms with Gasteiger partial charge in [-0.15, -0.1) is 0 Å². The van der Waals surface area contributed by atoms with Gasteiger partial charge in [0.1, 0.15) is 37.4 Å². The molecule has 7 nitrogen and oxygen atoms in total. The zero-order valence-corrected chi connectivity index (χ0v) is 25.5. The molecular weight excluding hydrogens is 568 g/mol. The summed E-state index contributed by atoms with van der Waals surface area (Å²) in [7, 11) is 1.65. The van der Waals surface area contributed by atoms with E-state index in [0.29, 0.717) is 37.9 Å². The maximum Gasteiger partial charge on any atom is 0.161 e. The number of benzene rings is 5. The third-order valence-electron chi connectivity index (χ3n) is 8.26. The SMILES string of the molecule is COc1cc(COC2CCCCO2)ccc1OCCOc1ccc2ccccc2c1-c1c(OC[C@@H]2CO2)ccc2ccccc12. The van der Waals surface area contributed by atoms with Crippen LogP contribution in [0.5, 0.6) is 23.0 Å². The molecule has 0 N–H and O–H groups in total. The van der Waals surface area contributed by atoms with E-state index >= 15 is 0 Å². The van der Waals surface area contributed by atoms with Crippen molar-refractivity contribution in [3.8, 4) is 34.1 Å². The lowest BCUT2D eigenvalue weighted by Crippen LogP contribution is -2.22. The Bertz CT molecular complexity index is 1760. The molecule has 2 saturated heterocycles. The first-order valence-corrected chi connectivity index (χ1v) is 15.7. The second kappa shape index (κ2) is 13.8. The maximum atomic E-state index is 6.49. The van der Waals surface area contributed by atoms with Crippen molar-refractivity contribution >= 4 is 21.5 Å². The largest absolute Gasteiger partial charge is 0.493 e. The fourth-order valence-electron chi connectivity index (χ4n) is 5.86. The standard InChI is InChI=1S/C38H38O7/c1-39-35-22-26(23-45-36-12-6-7-19-42-36)13-16-32(35)40-20-21-41-33-17-14-27-8-2-4-10-30(27)37(33)38-31-11-5-3-9-28(31)15-18-34(38)44-25-29-24-43-29/h2-5,8-11,13-18,22,29,36H,6-7,12,19-21,23-25H2,1H3/t29-,36?/m0/s1. The van der Waals surface area contributed by atoms with Crippen LogP contribution in [0.25, 0.3) is 32.7 Å². The Hall–Kier alpha value is -4.30. The molecule has 0 saturated carbocycles. The van der Waals surface area contributed by atoms with Crippen LogP contribution in [0.2, 0.25) is 0 Å². The highest BCUT2D eigenvalue weighted by atomic mass is 16.7. The van der Waals surface area contributed by atoms with Gasteiger partial charge in [-0.25, -0.2) is 0 Å². The predicted octanol–water partition coefficient (Wildman–Crippen LogP) is 7.95. The Kier molecular flexibility index (Phi) is 9.00. The van der Waals surface area contributed by atoms with Gasteiger partial charge in [0.25, 0.3) is 0 Å². The molecule has 7 heteroatoms. The van der Waals surface area contributed by atoms with E-state index in [9.17, 15) is 0 Å². The Morgan fingerprint density at radius 2 is 1.31 bits per heavy atom. The van der Waals surface area contributed by atoms with Crippen LogP contribution in [0.4, 0.5) is 0 Å². The molecular formula is C38H38O7. The van der Waals surface area contributed by atoms with Gasteiger partial charge in [-0.3, -0.25) is 0 Å². The Morgan fingerprint density at radius 3 is 1.96 bits per heavy atom. The second-order valence-electron chi connectivity index (χ2n) is 11.4. The molecule has 0 amide bonds. The minimum absolute atomic E-state index is 0.137. The minimum Gasteiger partial charge on any atom is -0.493 e. The van der Waals surface area contributed by atoms with E-state index < -0.39 is 0 Å². The van der Waals surface area contributed by atoms with Crippen LogP contribution in [0.3, 0.4) is 0 Å². The van der Waals surface area contributed by atoms with Crippen LogP contribution in [-0.4, -0.2) is 52.5 Å². The highest BCUT2D eigenvalue weighted by Crippen LogP contribution is 2.45. The molecule has 2 aliphatic heterocycles. The summed E-state index contributed by atoms with van der Waals surface area (Å²) >= 11 is 0. The minimum atomic E-state index is -0.137. The van der Waals surface area contributed by atoms with Gasteiger partial charge in [0, 0.05) is 17.7 Å². The highest BCUT2D eigenvalue weighted by molar-refractivity contribution is 6.09. The van der Waals surface area contributed by atoms with Crippen LogP contribution in [0.15, 0.2) is 91.0 Å². The number of ether oxygens (including phenoxy) is 7. The molecule has 7 rings (SSSR count). The van der Waals surface area contributed by atoms with Crippen LogP contribution in [0, 0.1) is 0 Å². The van der Waals surface area contributed by atoms with E-state index in [0.717, 1.165) is 82.2 Å². The number of hydrogen-bond acceptors (Lipinski definition) is 7. The van der Waals surface area contributed by atoms with Gasteiger partial charge in [-0.2, -0.15) is 0 Å². The van der Waals surface area contributed by atoms with Crippen LogP contribution < -0.4 is 18.9 Å². The summed E-state index contributed by atoms with van der Waals surface area (Å²) in [4.78, 5) is 0. The molecule has 2 aliphatic rings. The first-order valence-electron chi connectivity index (χ1n) is 15.7. The first-order chi connectivity index (χ1) is 22.3. The molecule has 1 unspecified atom stereocenters. The summed E-state index contributed by atoms with van der Waals surface area (Å²) in [5.41, 5.74) is 3.02. The van der Waals surface area contributed by atoms with Gasteiger partial charge in [-0.1, -0.05) is 66.7 Å². The summed E-state index contributed by atoms with van der Waals surface area (Å²) in [5.74, 6) is 2.89. The monoisotopic (exact) mass is 606 g/mol. The summed E-state index contributed by atoms with van der Waals surface area (Å²) in [6, 6.07) is 30.9. The van der Waals surface area contributed by atoms with Crippen molar-refractivity contribution in [1.82, 2.24) is 0 Å². The topological polar surface area (TPSA) is 67.9 Å². The third-order valence-corrected chi connectivity index (χ3v) is 8.26. The summed E-state index contributed by atoms with van der Waals surface area (Å²) in [6.07, 6.45) is 3.17. The van der Waals surface area contributed by atoms with Crippen LogP contribution in [0.1, 0.15) is 24.8 Å². The zero-order valence-electron chi connectivity index (χ0n) is 25.5. The molecule has 2 fully saturated rings. The molecule has 0 aromatic heterocycles. The fourth-order valence-corrected chi connectivity index (χ4v) is 5.86. The quantitative estimate of drug-likeness (QED) is 0.0995. The zero-order chi connectivity index (χ0) is 30.4. The summed E-state index contributed by atoms with van der Waals surface area (Å²) in [6.45, 7) is 3.16. The third kappa shape index (κ3) is 6.86. The van der Waals surface area contributed by atoms with Gasteiger partial charge in [0.15, 0.2) is 17.8 Å². The van der Waals surface area contributed by atoms with E-state index in [-0.39, 0.29) is 12.4 Å². The second-order valence-corrected chi connectivity index (χ2v) is 11.4. The van der Waals surface area contributed by atoms with Crippen LogP contribution >= 0.6 is 0 Å². The van der Waals surface area contributed by atoms with Crippen molar-refractivity contribution in [3.63, 3.8) is 0 Å². The highest BCUT2D eigenvalue weighted by Gasteiger charge is 2.25. The number of fused-ring (bicyclic) bond motifs is 2. The van der Waals surface area contributed by atoms with Crippen molar-refractivity contribution in [2.24, 2.45) is 0 Å². The number of methoxy groups -OCH3 is 1. The molecule has 2 heterocycles. The predicted molar refractivity (Wildman–Crippen MR) is 174 cm³/mol. The number of rotatable bonds is 13. The van der Waals surface area contributed by atoms with Gasteiger partial charge < -0.3 is 33.2 Å². The van der Waals surface area contributed by atoms with Crippen molar-refractivity contribution in [1.29, 1.82) is 0 Å². The average Bonchev–Trinajstić information content (AvgIpc) is 3.93. The summed E-state index contributed by atoms with van der Waals surface area (Å²) in [5, 5.41) is 4.47. The molecule has 45 heavy (non-hydrogen) atoms. The molecule has 0 bridgehead atoms. The van der Waals surface area contributed by atoms with Crippen molar-refractivity contribution in [3.05, 3.63) is 96.6 Å². The first kappa shape index (κ1) is 29.4. The molecule has 232 valence electrons. The number of epoxide rings is 1. The molecule has 5 aromatic rings. The smallest absolute Gasteiger partial charge is 0.161 e. The van der Waals surface area contributed by atoms with E-state index in [2.05, 4.69) is 66.7 Å².